The van der Waals surface area contributed by atoms with Crippen LogP contribution in [-0.2, 0) is 28.4 Å². The van der Waals surface area contributed by atoms with Gasteiger partial charge in [-0.1, -0.05) is 57.1 Å². The normalized spacial score (nSPS) is 41.3. The summed E-state index contributed by atoms with van der Waals surface area (Å²) in [4.78, 5) is 0. The number of ether oxygens (including phenoxy) is 6. The second kappa shape index (κ2) is 20.4. The Morgan fingerprint density at radius 1 is 0.651 bits per heavy atom. The highest BCUT2D eigenvalue weighted by Crippen LogP contribution is 2.31. The highest BCUT2D eigenvalue weighted by Gasteiger charge is 2.51. The molecule has 0 spiro atoms. The molecule has 2 bridgehead atoms. The predicted octanol–water partition coefficient (Wildman–Crippen LogP) is 2.73. The van der Waals surface area contributed by atoms with E-state index in [4.69, 9.17) is 28.4 Å². The maximum atomic E-state index is 11.1. The van der Waals surface area contributed by atoms with Crippen molar-refractivity contribution in [3.8, 4) is 0 Å². The van der Waals surface area contributed by atoms with Crippen molar-refractivity contribution in [2.75, 3.05) is 26.4 Å². The fourth-order valence-corrected chi connectivity index (χ4v) is 5.93. The molecule has 4 rings (SSSR count). The molecule has 11 unspecified atom stereocenters. The van der Waals surface area contributed by atoms with Crippen molar-refractivity contribution in [1.29, 1.82) is 0 Å². The minimum absolute atomic E-state index is 0.106. The molecule has 11 atom stereocenters. The van der Waals surface area contributed by atoms with Crippen LogP contribution in [0.3, 0.4) is 0 Å². The fraction of sp³-hybridized carbons (Fsp3) is 0.938. The van der Waals surface area contributed by atoms with Crippen LogP contribution in [0.2, 0.25) is 0 Å². The van der Waals surface area contributed by atoms with Crippen LogP contribution >= 0.6 is 0 Å². The molecule has 0 aromatic rings. The molecule has 0 amide bonds. The number of fused-ring (bicyclic) bond motifs is 19. The lowest BCUT2D eigenvalue weighted by atomic mass is 9.97. The van der Waals surface area contributed by atoms with Gasteiger partial charge in [0.1, 0.15) is 48.8 Å². The van der Waals surface area contributed by atoms with Crippen LogP contribution in [0.1, 0.15) is 97.3 Å². The van der Waals surface area contributed by atoms with Gasteiger partial charge in [-0.25, -0.2) is 0 Å². The topological polar surface area (TPSA) is 157 Å². The van der Waals surface area contributed by atoms with Gasteiger partial charge < -0.3 is 54.0 Å². The fourth-order valence-electron chi connectivity index (χ4n) is 5.93. The average Bonchev–Trinajstić information content (AvgIpc) is 2.99. The Bertz CT molecular complexity index is 755. The molecule has 0 aromatic heterocycles. The first-order valence-corrected chi connectivity index (χ1v) is 16.7. The molecule has 11 nitrogen and oxygen atoms in total. The molecule has 2 saturated heterocycles. The summed E-state index contributed by atoms with van der Waals surface area (Å²) in [5.74, 6) is 0. The Hall–Kier alpha value is -0.700. The zero-order chi connectivity index (χ0) is 31.0. The molecular formula is C32H58O11. The molecule has 0 aliphatic carbocycles. The van der Waals surface area contributed by atoms with E-state index < -0.39 is 68.0 Å². The molecule has 4 aliphatic heterocycles. The van der Waals surface area contributed by atoms with E-state index >= 15 is 0 Å². The molecule has 0 radical (unpaired) electrons. The second-order valence-electron chi connectivity index (χ2n) is 12.1. The minimum atomic E-state index is -1.51. The molecule has 0 aromatic carbocycles. The Kier molecular flexibility index (Phi) is 17.5. The quantitative estimate of drug-likeness (QED) is 0.295. The van der Waals surface area contributed by atoms with Gasteiger partial charge in [0.2, 0.25) is 0 Å². The molecule has 5 N–H and O–H groups in total. The van der Waals surface area contributed by atoms with Gasteiger partial charge in [-0.3, -0.25) is 0 Å². The molecular weight excluding hydrogens is 560 g/mol. The van der Waals surface area contributed by atoms with Crippen LogP contribution in [0.4, 0.5) is 0 Å². The number of hydrogen-bond acceptors (Lipinski definition) is 11. The van der Waals surface area contributed by atoms with Gasteiger partial charge in [0.05, 0.1) is 19.3 Å². The third kappa shape index (κ3) is 11.9. The zero-order valence-corrected chi connectivity index (χ0v) is 26.2. The first-order valence-electron chi connectivity index (χ1n) is 16.7. The third-order valence-electron chi connectivity index (χ3n) is 8.58. The van der Waals surface area contributed by atoms with Gasteiger partial charge >= 0.3 is 0 Å². The average molecular weight is 619 g/mol. The van der Waals surface area contributed by atoms with E-state index in [0.29, 0.717) is 13.2 Å². The summed E-state index contributed by atoms with van der Waals surface area (Å²) in [6, 6.07) is 0. The Balaban J connectivity index is 1.72. The van der Waals surface area contributed by atoms with Crippen molar-refractivity contribution in [2.24, 2.45) is 0 Å². The Morgan fingerprint density at radius 2 is 1.26 bits per heavy atom. The van der Waals surface area contributed by atoms with Crippen molar-refractivity contribution in [2.45, 2.75) is 165 Å². The van der Waals surface area contributed by atoms with E-state index in [1.54, 1.807) is 0 Å². The van der Waals surface area contributed by atoms with E-state index in [1.807, 2.05) is 13.8 Å². The first-order chi connectivity index (χ1) is 20.9. The van der Waals surface area contributed by atoms with Gasteiger partial charge in [0, 0.05) is 13.2 Å². The van der Waals surface area contributed by atoms with Gasteiger partial charge in [-0.15, -0.1) is 0 Å². The van der Waals surface area contributed by atoms with Crippen LogP contribution in [0, 0.1) is 0 Å². The molecule has 252 valence electrons. The Morgan fingerprint density at radius 3 is 1.93 bits per heavy atom. The van der Waals surface area contributed by atoms with Crippen LogP contribution in [-0.4, -0.2) is 119 Å². The lowest BCUT2D eigenvalue weighted by Crippen LogP contribution is -2.65. The maximum absolute atomic E-state index is 11.1. The Labute approximate surface area is 257 Å². The van der Waals surface area contributed by atoms with Crippen molar-refractivity contribution in [3.05, 3.63) is 12.2 Å². The summed E-state index contributed by atoms with van der Waals surface area (Å²) < 4.78 is 35.7. The zero-order valence-electron chi connectivity index (χ0n) is 26.2. The largest absolute Gasteiger partial charge is 0.394 e. The second-order valence-corrected chi connectivity index (χ2v) is 12.1. The number of hydrogen-bond donors (Lipinski definition) is 5. The van der Waals surface area contributed by atoms with E-state index in [2.05, 4.69) is 12.2 Å². The van der Waals surface area contributed by atoms with E-state index in [9.17, 15) is 25.5 Å². The van der Waals surface area contributed by atoms with Gasteiger partial charge in [0.15, 0.2) is 12.6 Å². The van der Waals surface area contributed by atoms with Crippen LogP contribution in [0.5, 0.6) is 0 Å². The van der Waals surface area contributed by atoms with Gasteiger partial charge in [0.25, 0.3) is 0 Å². The SMILES string of the molecule is CCOCC1OC2OC3C(OC(C)CCCCCC/C=C\CCCCCCCCOC1C(O)C2O)OC(CO)C(O)C3O. The maximum Gasteiger partial charge on any atom is 0.187 e. The summed E-state index contributed by atoms with van der Waals surface area (Å²) in [7, 11) is 0. The van der Waals surface area contributed by atoms with Crippen molar-refractivity contribution < 1.29 is 54.0 Å². The summed E-state index contributed by atoms with van der Waals surface area (Å²) in [6.45, 7) is 4.16. The smallest absolute Gasteiger partial charge is 0.187 e. The minimum Gasteiger partial charge on any atom is -0.394 e. The molecule has 4 aliphatic rings. The summed E-state index contributed by atoms with van der Waals surface area (Å²) in [6.07, 6.45) is 5.91. The number of aliphatic hydroxyl groups is 5. The highest BCUT2D eigenvalue weighted by atomic mass is 16.8. The molecule has 43 heavy (non-hydrogen) atoms. The molecule has 4 heterocycles. The van der Waals surface area contributed by atoms with Crippen LogP contribution in [0.25, 0.3) is 0 Å². The van der Waals surface area contributed by atoms with Gasteiger partial charge in [-0.05, 0) is 52.4 Å². The molecule has 2 fully saturated rings. The summed E-state index contributed by atoms with van der Waals surface area (Å²) in [5, 5.41) is 53.4. The monoisotopic (exact) mass is 618 g/mol. The third-order valence-corrected chi connectivity index (χ3v) is 8.58. The van der Waals surface area contributed by atoms with E-state index in [1.165, 1.54) is 19.3 Å². The summed E-state index contributed by atoms with van der Waals surface area (Å²) in [5.41, 5.74) is 0. The van der Waals surface area contributed by atoms with Crippen molar-refractivity contribution >= 4 is 0 Å². The molecule has 0 saturated carbocycles. The molecule has 11 heteroatoms. The highest BCUT2D eigenvalue weighted by molar-refractivity contribution is 4.94. The summed E-state index contributed by atoms with van der Waals surface area (Å²) >= 11 is 0. The first kappa shape index (κ1) is 36.8. The van der Waals surface area contributed by atoms with Crippen LogP contribution < -0.4 is 0 Å². The van der Waals surface area contributed by atoms with Crippen molar-refractivity contribution in [1.82, 2.24) is 0 Å². The van der Waals surface area contributed by atoms with Crippen molar-refractivity contribution in [3.63, 3.8) is 0 Å². The van der Waals surface area contributed by atoms with E-state index in [-0.39, 0.29) is 12.7 Å². The van der Waals surface area contributed by atoms with E-state index in [0.717, 1.165) is 64.2 Å². The lowest BCUT2D eigenvalue weighted by molar-refractivity contribution is -0.373. The van der Waals surface area contributed by atoms with Gasteiger partial charge in [-0.2, -0.15) is 0 Å². The number of allylic oxidation sites excluding steroid dienone is 2. The number of rotatable bonds is 4. The number of aliphatic hydroxyl groups excluding tert-OH is 5. The van der Waals surface area contributed by atoms with Crippen LogP contribution in [0.15, 0.2) is 12.2 Å². The standard InChI is InChI=1S/C32H58O11/c1-3-38-21-24-29-27(36)28(37)31(42-24)43-30-26(35)25(34)23(20-33)41-32(30)40-22(2)18-16-14-12-10-8-6-4-5-7-9-11-13-15-17-19-39-29/h4,6,22-37H,3,5,7-21H2,1-2H3/b6-4-. The lowest BCUT2D eigenvalue weighted by Gasteiger charge is -2.47. The predicted molar refractivity (Wildman–Crippen MR) is 159 cm³/mol.